The van der Waals surface area contributed by atoms with Crippen molar-refractivity contribution >= 4 is 0 Å². The fraction of sp³-hybridized carbons (Fsp3) is 0.769. The Morgan fingerprint density at radius 1 is 1.59 bits per heavy atom. The Bertz CT molecular complexity index is 343. The lowest BCUT2D eigenvalue weighted by Crippen LogP contribution is -2.39. The van der Waals surface area contributed by atoms with Crippen LogP contribution in [0, 0.1) is 5.92 Å². The number of rotatable bonds is 7. The van der Waals surface area contributed by atoms with Gasteiger partial charge in [0.2, 0.25) is 0 Å². The highest BCUT2D eigenvalue weighted by Crippen LogP contribution is 2.34. The third kappa shape index (κ3) is 3.07. The van der Waals surface area contributed by atoms with Gasteiger partial charge in [0.05, 0.1) is 5.69 Å². The summed E-state index contributed by atoms with van der Waals surface area (Å²) >= 11 is 0. The second-order valence-corrected chi connectivity index (χ2v) is 5.10. The van der Waals surface area contributed by atoms with E-state index in [0.29, 0.717) is 6.04 Å². The maximum atomic E-state index is 5.88. The molecule has 0 aliphatic heterocycles. The van der Waals surface area contributed by atoms with Crippen molar-refractivity contribution in [3.05, 3.63) is 18.0 Å². The number of aromatic nitrogens is 2. The van der Waals surface area contributed by atoms with Crippen molar-refractivity contribution in [3.8, 4) is 0 Å². The number of hydrogen-bond acceptors (Lipinski definition) is 3. The molecule has 1 aliphatic carbocycles. The van der Waals surface area contributed by atoms with Crippen molar-refractivity contribution in [2.45, 2.75) is 45.3 Å². The van der Waals surface area contributed by atoms with Gasteiger partial charge in [-0.15, -0.1) is 0 Å². The molecular weight excluding hydrogens is 212 g/mol. The fourth-order valence-electron chi connectivity index (χ4n) is 2.49. The molecule has 1 heterocycles. The molecule has 1 aromatic heterocycles. The van der Waals surface area contributed by atoms with Gasteiger partial charge in [0.25, 0.3) is 0 Å². The molecule has 1 aliphatic rings. The Hall–Kier alpha value is -0.870. The van der Waals surface area contributed by atoms with Crippen molar-refractivity contribution in [3.63, 3.8) is 0 Å². The molecule has 2 rings (SSSR count). The Morgan fingerprint density at radius 2 is 2.35 bits per heavy atom. The molecule has 1 unspecified atom stereocenters. The maximum Gasteiger partial charge on any atom is 0.0524 e. The summed E-state index contributed by atoms with van der Waals surface area (Å²) in [7, 11) is 2.18. The highest BCUT2D eigenvalue weighted by atomic mass is 15.3. The van der Waals surface area contributed by atoms with Gasteiger partial charge >= 0.3 is 0 Å². The van der Waals surface area contributed by atoms with Gasteiger partial charge in [-0.2, -0.15) is 5.10 Å². The van der Waals surface area contributed by atoms with Crippen LogP contribution < -0.4 is 5.73 Å². The van der Waals surface area contributed by atoms with Gasteiger partial charge < -0.3 is 5.73 Å². The minimum absolute atomic E-state index is 0.542. The minimum atomic E-state index is 0.542. The van der Waals surface area contributed by atoms with E-state index in [9.17, 15) is 0 Å². The third-order valence-electron chi connectivity index (χ3n) is 3.63. The topological polar surface area (TPSA) is 47.1 Å². The molecule has 96 valence electrons. The van der Waals surface area contributed by atoms with E-state index in [0.717, 1.165) is 32.0 Å². The van der Waals surface area contributed by atoms with Gasteiger partial charge in [0, 0.05) is 31.9 Å². The van der Waals surface area contributed by atoms with E-state index in [1.54, 1.807) is 0 Å². The molecule has 0 radical (unpaired) electrons. The van der Waals surface area contributed by atoms with Gasteiger partial charge in [0.15, 0.2) is 0 Å². The van der Waals surface area contributed by atoms with Crippen LogP contribution in [0.3, 0.4) is 0 Å². The van der Waals surface area contributed by atoms with E-state index < -0.39 is 0 Å². The lowest BCUT2D eigenvalue weighted by Gasteiger charge is -2.27. The summed E-state index contributed by atoms with van der Waals surface area (Å²) in [5.41, 5.74) is 7.18. The molecule has 17 heavy (non-hydrogen) atoms. The smallest absolute Gasteiger partial charge is 0.0524 e. The third-order valence-corrected chi connectivity index (χ3v) is 3.63. The first-order chi connectivity index (χ1) is 8.26. The Kier molecular flexibility index (Phi) is 4.18. The lowest BCUT2D eigenvalue weighted by molar-refractivity contribution is 0.209. The number of aryl methyl sites for hydroxylation is 1. The molecular formula is C13H24N4. The predicted molar refractivity (Wildman–Crippen MR) is 69.6 cm³/mol. The molecule has 0 amide bonds. The molecule has 1 atom stereocenters. The normalized spacial score (nSPS) is 17.6. The molecule has 0 spiro atoms. The molecule has 0 bridgehead atoms. The summed E-state index contributed by atoms with van der Waals surface area (Å²) in [6.45, 7) is 4.91. The van der Waals surface area contributed by atoms with Crippen molar-refractivity contribution < 1.29 is 0 Å². The van der Waals surface area contributed by atoms with Crippen LogP contribution >= 0.6 is 0 Å². The van der Waals surface area contributed by atoms with E-state index >= 15 is 0 Å². The van der Waals surface area contributed by atoms with Gasteiger partial charge in [-0.3, -0.25) is 9.58 Å². The van der Waals surface area contributed by atoms with E-state index in [1.165, 1.54) is 18.5 Å². The van der Waals surface area contributed by atoms with E-state index in [1.807, 2.05) is 6.20 Å². The van der Waals surface area contributed by atoms with Crippen LogP contribution in [-0.4, -0.2) is 34.3 Å². The average Bonchev–Trinajstić information content (AvgIpc) is 3.04. The molecule has 4 nitrogen and oxygen atoms in total. The second-order valence-electron chi connectivity index (χ2n) is 5.10. The number of nitrogens with two attached hydrogens (primary N) is 1. The average molecular weight is 236 g/mol. The summed E-state index contributed by atoms with van der Waals surface area (Å²) < 4.78 is 2.11. The van der Waals surface area contributed by atoms with Crippen molar-refractivity contribution in [1.82, 2.24) is 14.7 Å². The summed E-state index contributed by atoms with van der Waals surface area (Å²) in [6, 6.07) is 2.66. The summed E-state index contributed by atoms with van der Waals surface area (Å²) in [6.07, 6.45) is 5.72. The van der Waals surface area contributed by atoms with Crippen molar-refractivity contribution in [1.29, 1.82) is 0 Å². The standard InChI is InChI=1S/C13H24N4/c1-3-8-17-12(6-7-15-17)10-16(2)13(9-14)11-4-5-11/h6-7,11,13H,3-5,8-10,14H2,1-2H3. The van der Waals surface area contributed by atoms with Crippen molar-refractivity contribution in [2.75, 3.05) is 13.6 Å². The van der Waals surface area contributed by atoms with Crippen LogP contribution in [0.5, 0.6) is 0 Å². The number of nitrogens with zero attached hydrogens (tertiary/aromatic N) is 3. The summed E-state index contributed by atoms with van der Waals surface area (Å²) in [4.78, 5) is 2.39. The SMILES string of the molecule is CCCn1nccc1CN(C)C(CN)C1CC1. The summed E-state index contributed by atoms with van der Waals surface area (Å²) in [5, 5.41) is 4.36. The number of likely N-dealkylation sites (N-methyl/N-ethyl adjacent to an activating group) is 1. The van der Waals surface area contributed by atoms with E-state index in [4.69, 9.17) is 5.73 Å². The lowest BCUT2D eigenvalue weighted by atomic mass is 10.1. The minimum Gasteiger partial charge on any atom is -0.329 e. The first-order valence-electron chi connectivity index (χ1n) is 6.67. The maximum absolute atomic E-state index is 5.88. The van der Waals surface area contributed by atoms with Crippen LogP contribution in [0.15, 0.2) is 12.3 Å². The molecule has 2 N–H and O–H groups in total. The Morgan fingerprint density at radius 3 is 2.94 bits per heavy atom. The molecule has 1 fully saturated rings. The van der Waals surface area contributed by atoms with Crippen LogP contribution in [0.1, 0.15) is 31.9 Å². The zero-order valence-electron chi connectivity index (χ0n) is 11.0. The zero-order chi connectivity index (χ0) is 12.3. The highest BCUT2D eigenvalue weighted by Gasteiger charge is 2.32. The molecule has 4 heteroatoms. The summed E-state index contributed by atoms with van der Waals surface area (Å²) in [5.74, 6) is 0.826. The van der Waals surface area contributed by atoms with Gasteiger partial charge in [0.1, 0.15) is 0 Å². The van der Waals surface area contributed by atoms with Crippen LogP contribution in [0.4, 0.5) is 0 Å². The quantitative estimate of drug-likeness (QED) is 0.779. The van der Waals surface area contributed by atoms with Crippen LogP contribution in [0.25, 0.3) is 0 Å². The largest absolute Gasteiger partial charge is 0.329 e. The zero-order valence-corrected chi connectivity index (χ0v) is 11.0. The predicted octanol–water partition coefficient (Wildman–Crippen LogP) is 1.46. The van der Waals surface area contributed by atoms with Crippen LogP contribution in [-0.2, 0) is 13.1 Å². The Balaban J connectivity index is 1.96. The first kappa shape index (κ1) is 12.6. The highest BCUT2D eigenvalue weighted by molar-refractivity contribution is 5.01. The second kappa shape index (κ2) is 5.65. The Labute approximate surface area is 104 Å². The van der Waals surface area contributed by atoms with E-state index in [2.05, 4.69) is 34.7 Å². The monoisotopic (exact) mass is 236 g/mol. The van der Waals surface area contributed by atoms with Gasteiger partial charge in [-0.05, 0) is 38.3 Å². The van der Waals surface area contributed by atoms with Crippen LogP contribution in [0.2, 0.25) is 0 Å². The molecule has 1 aromatic rings. The van der Waals surface area contributed by atoms with Crippen molar-refractivity contribution in [2.24, 2.45) is 11.7 Å². The van der Waals surface area contributed by atoms with Gasteiger partial charge in [-0.25, -0.2) is 0 Å². The molecule has 0 saturated heterocycles. The molecule has 0 aromatic carbocycles. The molecule has 1 saturated carbocycles. The number of hydrogen-bond donors (Lipinski definition) is 1. The van der Waals surface area contributed by atoms with E-state index in [-0.39, 0.29) is 0 Å². The first-order valence-corrected chi connectivity index (χ1v) is 6.67. The fourth-order valence-corrected chi connectivity index (χ4v) is 2.49. The van der Waals surface area contributed by atoms with Gasteiger partial charge in [-0.1, -0.05) is 6.92 Å².